The van der Waals surface area contributed by atoms with Crippen LogP contribution in [-0.4, -0.2) is 15.7 Å². The normalized spacial score (nSPS) is 11.0. The van der Waals surface area contributed by atoms with Gasteiger partial charge in [-0.1, -0.05) is 19.1 Å². The molecule has 0 aliphatic carbocycles. The Bertz CT molecular complexity index is 559. The topological polar surface area (TPSA) is 68.2 Å². The Morgan fingerprint density at radius 1 is 1.30 bits per heavy atom. The molecule has 1 heterocycles. The van der Waals surface area contributed by atoms with E-state index in [-0.39, 0.29) is 24.0 Å². The molecule has 108 valence electrons. The Morgan fingerprint density at radius 2 is 2.00 bits per heavy atom. The number of hydrogen-bond acceptors (Lipinski definition) is 2. The molecule has 1 aromatic carbocycles. The molecule has 2 aromatic rings. The summed E-state index contributed by atoms with van der Waals surface area (Å²) in [6, 6.07) is 10.1. The number of rotatable bonds is 4. The van der Waals surface area contributed by atoms with Crippen molar-refractivity contribution in [3.63, 3.8) is 0 Å². The van der Waals surface area contributed by atoms with Crippen LogP contribution in [0.1, 0.15) is 18.2 Å². The largest absolute Gasteiger partial charge is 0.370 e. The number of aliphatic imine (C=N–C) groups is 1. The summed E-state index contributed by atoms with van der Waals surface area (Å²) in [5, 5.41) is 7.30. The van der Waals surface area contributed by atoms with Crippen LogP contribution in [0.4, 0.5) is 5.69 Å². The van der Waals surface area contributed by atoms with E-state index in [4.69, 9.17) is 5.73 Å². The number of halogens is 1. The molecule has 1 aromatic heterocycles. The molecule has 0 spiro atoms. The Kier molecular flexibility index (Phi) is 6.50. The van der Waals surface area contributed by atoms with Crippen molar-refractivity contribution >= 4 is 35.6 Å². The lowest BCUT2D eigenvalue weighted by atomic mass is 10.1. The van der Waals surface area contributed by atoms with Crippen molar-refractivity contribution in [3.8, 4) is 0 Å². The number of aryl methyl sites for hydroxylation is 2. The summed E-state index contributed by atoms with van der Waals surface area (Å²) in [4.78, 5) is 4.25. The number of nitrogens with one attached hydrogen (secondary N) is 1. The third-order valence-corrected chi connectivity index (χ3v) is 2.81. The quantitative estimate of drug-likeness (QED) is 0.483. The Morgan fingerprint density at radius 3 is 2.55 bits per heavy atom. The van der Waals surface area contributed by atoms with Crippen molar-refractivity contribution in [2.45, 2.75) is 19.9 Å². The van der Waals surface area contributed by atoms with E-state index in [2.05, 4.69) is 34.5 Å². The van der Waals surface area contributed by atoms with Crippen molar-refractivity contribution in [2.75, 3.05) is 5.32 Å². The fourth-order valence-electron chi connectivity index (χ4n) is 1.72. The maximum absolute atomic E-state index is 5.84. The monoisotopic (exact) mass is 385 g/mol. The zero-order chi connectivity index (χ0) is 13.7. The van der Waals surface area contributed by atoms with Crippen LogP contribution in [0.25, 0.3) is 0 Å². The predicted molar refractivity (Wildman–Crippen MR) is 93.4 cm³/mol. The number of hydrogen-bond donors (Lipinski definition) is 2. The van der Waals surface area contributed by atoms with Crippen LogP contribution in [0.3, 0.4) is 0 Å². The Balaban J connectivity index is 0.00000200. The molecule has 0 saturated carbocycles. The summed E-state index contributed by atoms with van der Waals surface area (Å²) in [5.74, 6) is 0.398. The smallest absolute Gasteiger partial charge is 0.193 e. The van der Waals surface area contributed by atoms with Gasteiger partial charge in [0.05, 0.1) is 12.2 Å². The highest BCUT2D eigenvalue weighted by Gasteiger charge is 1.98. The summed E-state index contributed by atoms with van der Waals surface area (Å²) in [5.41, 5.74) is 8.98. The number of benzene rings is 1. The second-order valence-corrected chi connectivity index (χ2v) is 4.36. The summed E-state index contributed by atoms with van der Waals surface area (Å²) in [6.07, 6.45) is 2.92. The fourth-order valence-corrected chi connectivity index (χ4v) is 1.72. The molecule has 20 heavy (non-hydrogen) atoms. The SMILES string of the molecule is CCc1ccc(NC(N)=NCc2ccn(C)n2)cc1.I. The number of aromatic nitrogens is 2. The lowest BCUT2D eigenvalue weighted by Crippen LogP contribution is -2.22. The van der Waals surface area contributed by atoms with Gasteiger partial charge in [0, 0.05) is 18.9 Å². The molecule has 0 aliphatic rings. The van der Waals surface area contributed by atoms with Crippen molar-refractivity contribution in [2.24, 2.45) is 17.8 Å². The zero-order valence-corrected chi connectivity index (χ0v) is 14.0. The molecule has 0 amide bonds. The number of nitrogens with two attached hydrogens (primary N) is 1. The first kappa shape index (κ1) is 16.5. The Labute approximate surface area is 136 Å². The van der Waals surface area contributed by atoms with Crippen molar-refractivity contribution < 1.29 is 0 Å². The van der Waals surface area contributed by atoms with E-state index in [1.807, 2.05) is 31.4 Å². The van der Waals surface area contributed by atoms with E-state index in [9.17, 15) is 0 Å². The van der Waals surface area contributed by atoms with Crippen LogP contribution >= 0.6 is 24.0 Å². The van der Waals surface area contributed by atoms with Gasteiger partial charge < -0.3 is 11.1 Å². The molecule has 6 heteroatoms. The molecule has 3 N–H and O–H groups in total. The van der Waals surface area contributed by atoms with Crippen molar-refractivity contribution in [1.82, 2.24) is 9.78 Å². The molecule has 2 rings (SSSR count). The average Bonchev–Trinajstić information content (AvgIpc) is 2.83. The molecular weight excluding hydrogens is 365 g/mol. The standard InChI is InChI=1S/C14H19N5.HI/c1-3-11-4-6-12(7-5-11)17-14(15)16-10-13-8-9-19(2)18-13;/h4-9H,3,10H2,1-2H3,(H3,15,16,17);1H. The van der Waals surface area contributed by atoms with Gasteiger partial charge in [0.15, 0.2) is 5.96 Å². The minimum absolute atomic E-state index is 0. The van der Waals surface area contributed by atoms with Gasteiger partial charge in [-0.25, -0.2) is 4.99 Å². The highest BCUT2D eigenvalue weighted by molar-refractivity contribution is 14.0. The lowest BCUT2D eigenvalue weighted by molar-refractivity contribution is 0.743. The van der Waals surface area contributed by atoms with Crippen LogP contribution in [0.15, 0.2) is 41.5 Å². The van der Waals surface area contributed by atoms with Crippen LogP contribution in [0.2, 0.25) is 0 Å². The number of anilines is 1. The molecule has 0 aliphatic heterocycles. The molecule has 0 radical (unpaired) electrons. The third-order valence-electron chi connectivity index (χ3n) is 2.81. The number of nitrogens with zero attached hydrogens (tertiary/aromatic N) is 3. The van der Waals surface area contributed by atoms with Gasteiger partial charge >= 0.3 is 0 Å². The molecule has 0 unspecified atom stereocenters. The van der Waals surface area contributed by atoms with Gasteiger partial charge in [-0.3, -0.25) is 4.68 Å². The lowest BCUT2D eigenvalue weighted by Gasteiger charge is -2.06. The van der Waals surface area contributed by atoms with Crippen molar-refractivity contribution in [1.29, 1.82) is 0 Å². The van der Waals surface area contributed by atoms with Crippen LogP contribution in [-0.2, 0) is 20.0 Å². The van der Waals surface area contributed by atoms with Gasteiger partial charge in [0.2, 0.25) is 0 Å². The van der Waals surface area contributed by atoms with Crippen LogP contribution < -0.4 is 11.1 Å². The van der Waals surface area contributed by atoms with Gasteiger partial charge in [-0.2, -0.15) is 5.10 Å². The van der Waals surface area contributed by atoms with Crippen LogP contribution in [0, 0.1) is 0 Å². The summed E-state index contributed by atoms with van der Waals surface area (Å²) in [6.45, 7) is 2.61. The van der Waals surface area contributed by atoms with E-state index in [1.54, 1.807) is 4.68 Å². The second-order valence-electron chi connectivity index (χ2n) is 4.36. The summed E-state index contributed by atoms with van der Waals surface area (Å²) < 4.78 is 1.75. The molecule has 5 nitrogen and oxygen atoms in total. The molecule has 0 bridgehead atoms. The molecule has 0 atom stereocenters. The van der Waals surface area contributed by atoms with E-state index in [0.29, 0.717) is 12.5 Å². The van der Waals surface area contributed by atoms with Gasteiger partial charge in [0.25, 0.3) is 0 Å². The van der Waals surface area contributed by atoms with E-state index < -0.39 is 0 Å². The predicted octanol–water partition coefficient (Wildman–Crippen LogP) is 2.53. The first-order chi connectivity index (χ1) is 9.17. The van der Waals surface area contributed by atoms with E-state index in [0.717, 1.165) is 17.8 Å². The maximum atomic E-state index is 5.84. The third kappa shape index (κ3) is 4.84. The maximum Gasteiger partial charge on any atom is 0.193 e. The fraction of sp³-hybridized carbons (Fsp3) is 0.286. The highest BCUT2D eigenvalue weighted by Crippen LogP contribution is 2.09. The first-order valence-corrected chi connectivity index (χ1v) is 6.32. The van der Waals surface area contributed by atoms with E-state index in [1.165, 1.54) is 5.56 Å². The summed E-state index contributed by atoms with van der Waals surface area (Å²) in [7, 11) is 1.88. The second kappa shape index (κ2) is 7.88. The molecule has 0 fully saturated rings. The number of guanidine groups is 1. The molecular formula is C14H20IN5. The van der Waals surface area contributed by atoms with Gasteiger partial charge in [0.1, 0.15) is 0 Å². The Hall–Kier alpha value is -1.57. The minimum atomic E-state index is 0. The van der Waals surface area contributed by atoms with Gasteiger partial charge in [-0.05, 0) is 30.2 Å². The summed E-state index contributed by atoms with van der Waals surface area (Å²) >= 11 is 0. The van der Waals surface area contributed by atoms with Crippen LogP contribution in [0.5, 0.6) is 0 Å². The molecule has 0 saturated heterocycles. The zero-order valence-electron chi connectivity index (χ0n) is 11.7. The first-order valence-electron chi connectivity index (χ1n) is 6.32. The van der Waals surface area contributed by atoms with E-state index >= 15 is 0 Å². The van der Waals surface area contributed by atoms with Gasteiger partial charge in [-0.15, -0.1) is 24.0 Å². The van der Waals surface area contributed by atoms with Crippen molar-refractivity contribution in [3.05, 3.63) is 47.8 Å². The minimum Gasteiger partial charge on any atom is -0.370 e. The average molecular weight is 385 g/mol. The highest BCUT2D eigenvalue weighted by atomic mass is 127.